The van der Waals surface area contributed by atoms with Gasteiger partial charge in [-0.2, -0.15) is 11.3 Å². The standard InChI is InChI=1S/C18H19N3O2S2/c1-23-14-4-5-15-16(8-14)20-18(19-15)25-11-17(22)21(13-2-3-13)9-12-6-7-24-10-12/h4-8,10,13H,2-3,9,11H2,1H3,(H,19,20). The predicted molar refractivity (Wildman–Crippen MR) is 101 cm³/mol. The molecule has 0 unspecified atom stereocenters. The highest BCUT2D eigenvalue weighted by Crippen LogP contribution is 2.30. The largest absolute Gasteiger partial charge is 0.497 e. The van der Waals surface area contributed by atoms with Crippen LogP contribution in [-0.4, -0.2) is 39.7 Å². The average molecular weight is 374 g/mol. The van der Waals surface area contributed by atoms with Crippen LogP contribution in [0, 0.1) is 0 Å². The summed E-state index contributed by atoms with van der Waals surface area (Å²) in [5, 5.41) is 4.94. The maximum atomic E-state index is 12.7. The van der Waals surface area contributed by atoms with Crippen LogP contribution in [-0.2, 0) is 11.3 Å². The molecule has 1 aliphatic rings. The van der Waals surface area contributed by atoms with Gasteiger partial charge in [-0.1, -0.05) is 11.8 Å². The van der Waals surface area contributed by atoms with Gasteiger partial charge >= 0.3 is 0 Å². The Morgan fingerprint density at radius 3 is 3.04 bits per heavy atom. The number of methoxy groups -OCH3 is 1. The first kappa shape index (κ1) is 16.5. The highest BCUT2D eigenvalue weighted by atomic mass is 32.2. The molecule has 0 spiro atoms. The van der Waals surface area contributed by atoms with E-state index in [1.54, 1.807) is 18.4 Å². The smallest absolute Gasteiger partial charge is 0.233 e. The van der Waals surface area contributed by atoms with Gasteiger partial charge in [0.05, 0.1) is 23.9 Å². The van der Waals surface area contributed by atoms with Crippen molar-refractivity contribution >= 4 is 40.0 Å². The Balaban J connectivity index is 1.41. The lowest BCUT2D eigenvalue weighted by Crippen LogP contribution is -2.33. The Morgan fingerprint density at radius 2 is 2.32 bits per heavy atom. The molecule has 7 heteroatoms. The predicted octanol–water partition coefficient (Wildman–Crippen LogP) is 3.92. The fourth-order valence-electron chi connectivity index (χ4n) is 2.76. The fourth-order valence-corrected chi connectivity index (χ4v) is 4.19. The van der Waals surface area contributed by atoms with Crippen LogP contribution in [0.15, 0.2) is 40.2 Å². The molecule has 0 radical (unpaired) electrons. The molecule has 0 bridgehead atoms. The molecule has 0 atom stereocenters. The number of ether oxygens (including phenoxy) is 1. The summed E-state index contributed by atoms with van der Waals surface area (Å²) in [5.41, 5.74) is 3.02. The SMILES string of the molecule is COc1ccc2nc(SCC(=O)N(Cc3ccsc3)C3CC3)[nH]c2c1. The van der Waals surface area contributed by atoms with Crippen molar-refractivity contribution in [2.45, 2.75) is 30.6 Å². The number of hydrogen-bond donors (Lipinski definition) is 1. The number of amides is 1. The molecule has 5 nitrogen and oxygen atoms in total. The van der Waals surface area contributed by atoms with E-state index in [-0.39, 0.29) is 5.91 Å². The number of fused-ring (bicyclic) bond motifs is 1. The molecule has 2 heterocycles. The van der Waals surface area contributed by atoms with E-state index in [0.717, 1.165) is 34.8 Å². The number of thioether (sulfide) groups is 1. The Hall–Kier alpha value is -1.99. The minimum atomic E-state index is 0.178. The third kappa shape index (κ3) is 3.82. The Kier molecular flexibility index (Phi) is 4.67. The van der Waals surface area contributed by atoms with Gasteiger partial charge in [0, 0.05) is 18.7 Å². The van der Waals surface area contributed by atoms with Crippen LogP contribution in [0.2, 0.25) is 0 Å². The summed E-state index contributed by atoms with van der Waals surface area (Å²) in [6.07, 6.45) is 2.23. The molecule has 0 aliphatic heterocycles. The van der Waals surface area contributed by atoms with Crippen molar-refractivity contribution in [2.24, 2.45) is 0 Å². The van der Waals surface area contributed by atoms with Crippen molar-refractivity contribution in [3.05, 3.63) is 40.6 Å². The summed E-state index contributed by atoms with van der Waals surface area (Å²) in [4.78, 5) is 22.5. The molecule has 1 aliphatic carbocycles. The van der Waals surface area contributed by atoms with Crippen molar-refractivity contribution in [1.82, 2.24) is 14.9 Å². The van der Waals surface area contributed by atoms with E-state index in [2.05, 4.69) is 26.8 Å². The summed E-state index contributed by atoms with van der Waals surface area (Å²) in [7, 11) is 1.64. The van der Waals surface area contributed by atoms with Gasteiger partial charge in [0.1, 0.15) is 5.75 Å². The first-order valence-corrected chi connectivity index (χ1v) is 10.1. The number of carbonyl (C=O) groups excluding carboxylic acids is 1. The quantitative estimate of drug-likeness (QED) is 0.638. The molecule has 130 valence electrons. The number of thiophene rings is 1. The second-order valence-electron chi connectivity index (χ2n) is 6.10. The summed E-state index contributed by atoms with van der Waals surface area (Å²) in [6.45, 7) is 0.713. The zero-order valence-corrected chi connectivity index (χ0v) is 15.5. The number of benzene rings is 1. The molecular formula is C18H19N3O2S2. The van der Waals surface area contributed by atoms with E-state index in [9.17, 15) is 4.79 Å². The van der Waals surface area contributed by atoms with Crippen molar-refractivity contribution in [3.63, 3.8) is 0 Å². The lowest BCUT2D eigenvalue weighted by Gasteiger charge is -2.21. The van der Waals surface area contributed by atoms with Crippen LogP contribution in [0.4, 0.5) is 0 Å². The highest BCUT2D eigenvalue weighted by molar-refractivity contribution is 7.99. The Morgan fingerprint density at radius 1 is 1.44 bits per heavy atom. The number of rotatable bonds is 7. The van der Waals surface area contributed by atoms with E-state index in [1.807, 2.05) is 23.1 Å². The van der Waals surface area contributed by atoms with Crippen molar-refractivity contribution in [2.75, 3.05) is 12.9 Å². The Bertz CT molecular complexity index is 872. The minimum absolute atomic E-state index is 0.178. The van der Waals surface area contributed by atoms with Gasteiger partial charge < -0.3 is 14.6 Å². The molecule has 25 heavy (non-hydrogen) atoms. The van der Waals surface area contributed by atoms with Crippen LogP contribution in [0.3, 0.4) is 0 Å². The number of carbonyl (C=O) groups is 1. The maximum absolute atomic E-state index is 12.7. The monoisotopic (exact) mass is 373 g/mol. The van der Waals surface area contributed by atoms with Gasteiger partial charge in [0.2, 0.25) is 5.91 Å². The number of nitrogens with one attached hydrogen (secondary N) is 1. The van der Waals surface area contributed by atoms with Gasteiger partial charge in [-0.05, 0) is 47.4 Å². The van der Waals surface area contributed by atoms with Gasteiger partial charge in [-0.3, -0.25) is 4.79 Å². The van der Waals surface area contributed by atoms with Crippen molar-refractivity contribution in [3.8, 4) is 5.75 Å². The molecule has 1 amide bonds. The van der Waals surface area contributed by atoms with E-state index >= 15 is 0 Å². The van der Waals surface area contributed by atoms with E-state index < -0.39 is 0 Å². The van der Waals surface area contributed by atoms with Crippen molar-refractivity contribution < 1.29 is 9.53 Å². The van der Waals surface area contributed by atoms with Gasteiger partial charge in [0.15, 0.2) is 5.16 Å². The molecule has 1 aromatic carbocycles. The highest BCUT2D eigenvalue weighted by Gasteiger charge is 2.32. The van der Waals surface area contributed by atoms with Crippen LogP contribution in [0.5, 0.6) is 5.75 Å². The van der Waals surface area contributed by atoms with Crippen LogP contribution in [0.1, 0.15) is 18.4 Å². The molecule has 2 aromatic heterocycles. The molecule has 1 saturated carbocycles. The first-order valence-electron chi connectivity index (χ1n) is 8.20. The summed E-state index contributed by atoms with van der Waals surface area (Å²) in [6, 6.07) is 8.23. The topological polar surface area (TPSA) is 58.2 Å². The normalized spacial score (nSPS) is 14.0. The molecule has 0 saturated heterocycles. The first-order chi connectivity index (χ1) is 12.2. The molecular weight excluding hydrogens is 354 g/mol. The zero-order chi connectivity index (χ0) is 17.2. The van der Waals surface area contributed by atoms with Gasteiger partial charge in [0.25, 0.3) is 0 Å². The molecule has 3 aromatic rings. The van der Waals surface area contributed by atoms with Crippen LogP contribution >= 0.6 is 23.1 Å². The minimum Gasteiger partial charge on any atom is -0.497 e. The molecule has 4 rings (SSSR count). The molecule has 1 N–H and O–H groups in total. The number of aromatic nitrogens is 2. The Labute approximate surface area is 154 Å². The lowest BCUT2D eigenvalue weighted by atomic mass is 10.3. The number of imidazole rings is 1. The fraction of sp³-hybridized carbons (Fsp3) is 0.333. The van der Waals surface area contributed by atoms with Crippen LogP contribution in [0.25, 0.3) is 11.0 Å². The summed E-state index contributed by atoms with van der Waals surface area (Å²) < 4.78 is 5.23. The van der Waals surface area contributed by atoms with Crippen LogP contribution < -0.4 is 4.74 Å². The van der Waals surface area contributed by atoms with Crippen molar-refractivity contribution in [1.29, 1.82) is 0 Å². The summed E-state index contributed by atoms with van der Waals surface area (Å²) >= 11 is 3.13. The average Bonchev–Trinajstić information content (AvgIpc) is 3.18. The lowest BCUT2D eigenvalue weighted by molar-refractivity contribution is -0.129. The second-order valence-corrected chi connectivity index (χ2v) is 7.84. The zero-order valence-electron chi connectivity index (χ0n) is 13.9. The molecule has 1 fully saturated rings. The van der Waals surface area contributed by atoms with E-state index in [4.69, 9.17) is 4.74 Å². The third-order valence-electron chi connectivity index (χ3n) is 4.24. The number of hydrogen-bond acceptors (Lipinski definition) is 5. The third-order valence-corrected chi connectivity index (χ3v) is 5.83. The number of H-pyrrole nitrogens is 1. The van der Waals surface area contributed by atoms with E-state index in [0.29, 0.717) is 18.3 Å². The second kappa shape index (κ2) is 7.09. The van der Waals surface area contributed by atoms with Gasteiger partial charge in [-0.15, -0.1) is 0 Å². The summed E-state index contributed by atoms with van der Waals surface area (Å²) in [5.74, 6) is 1.37. The number of aromatic amines is 1. The number of nitrogens with zero attached hydrogens (tertiary/aromatic N) is 2. The van der Waals surface area contributed by atoms with E-state index in [1.165, 1.54) is 17.3 Å². The maximum Gasteiger partial charge on any atom is 0.233 e. The van der Waals surface area contributed by atoms with Gasteiger partial charge in [-0.25, -0.2) is 4.98 Å².